The number of aromatic amines is 1. The van der Waals surface area contributed by atoms with Gasteiger partial charge in [-0.15, -0.1) is 11.3 Å². The van der Waals surface area contributed by atoms with Crippen molar-refractivity contribution in [3.63, 3.8) is 0 Å². The molecule has 3 N–H and O–H groups in total. The van der Waals surface area contributed by atoms with Crippen molar-refractivity contribution in [1.29, 1.82) is 0 Å². The van der Waals surface area contributed by atoms with Gasteiger partial charge < -0.3 is 15.4 Å². The summed E-state index contributed by atoms with van der Waals surface area (Å²) in [6.45, 7) is 10.2. The molecule has 0 aliphatic heterocycles. The van der Waals surface area contributed by atoms with E-state index in [2.05, 4.69) is 15.3 Å². The van der Waals surface area contributed by atoms with Gasteiger partial charge in [0.05, 0.1) is 16.8 Å². The van der Waals surface area contributed by atoms with E-state index < -0.39 is 6.10 Å². The van der Waals surface area contributed by atoms with Crippen molar-refractivity contribution >= 4 is 17.2 Å². The number of rotatable bonds is 6. The fourth-order valence-corrected chi connectivity index (χ4v) is 3.20. The topological polar surface area (TPSA) is 78.0 Å². The third-order valence-corrected chi connectivity index (χ3v) is 4.75. The van der Waals surface area contributed by atoms with Crippen LogP contribution < -0.4 is 5.32 Å². The van der Waals surface area contributed by atoms with E-state index in [1.165, 1.54) is 0 Å². The first-order valence-corrected chi connectivity index (χ1v) is 8.66. The summed E-state index contributed by atoms with van der Waals surface area (Å²) in [4.78, 5) is 19.7. The number of nitrogens with one attached hydrogen (secondary N) is 2. The lowest BCUT2D eigenvalue weighted by atomic mass is 9.80. The number of hydrogen-bond donors (Lipinski definition) is 3. The number of amides is 1. The molecule has 0 aromatic carbocycles. The van der Waals surface area contributed by atoms with E-state index in [0.29, 0.717) is 12.2 Å². The van der Waals surface area contributed by atoms with Crippen LogP contribution in [0.1, 0.15) is 43.2 Å². The van der Waals surface area contributed by atoms with Crippen molar-refractivity contribution in [3.8, 4) is 11.3 Å². The Bertz CT molecular complexity index is 673. The summed E-state index contributed by atoms with van der Waals surface area (Å²) in [6.07, 6.45) is 1.32. The van der Waals surface area contributed by atoms with Crippen LogP contribution in [0.15, 0.2) is 17.6 Å². The maximum atomic E-state index is 12.3. The van der Waals surface area contributed by atoms with Crippen LogP contribution in [-0.4, -0.2) is 33.6 Å². The highest BCUT2D eigenvalue weighted by atomic mass is 32.1. The monoisotopic (exact) mass is 335 g/mol. The summed E-state index contributed by atoms with van der Waals surface area (Å²) in [5, 5.41) is 16.1. The van der Waals surface area contributed by atoms with E-state index in [-0.39, 0.29) is 17.2 Å². The summed E-state index contributed by atoms with van der Waals surface area (Å²) < 4.78 is 0. The van der Waals surface area contributed by atoms with Crippen molar-refractivity contribution in [2.45, 2.75) is 40.7 Å². The summed E-state index contributed by atoms with van der Waals surface area (Å²) in [7, 11) is 0. The number of hydrogen-bond acceptors (Lipinski definition) is 4. The van der Waals surface area contributed by atoms with Crippen molar-refractivity contribution < 1.29 is 9.90 Å². The van der Waals surface area contributed by atoms with Crippen LogP contribution in [0, 0.1) is 18.3 Å². The van der Waals surface area contributed by atoms with E-state index >= 15 is 0 Å². The average Bonchev–Trinajstić information content (AvgIpc) is 3.12. The molecule has 1 amide bonds. The van der Waals surface area contributed by atoms with Gasteiger partial charge in [0.25, 0.3) is 5.91 Å². The third-order valence-electron chi connectivity index (χ3n) is 3.98. The van der Waals surface area contributed by atoms with Gasteiger partial charge >= 0.3 is 0 Å². The molecule has 1 atom stereocenters. The van der Waals surface area contributed by atoms with Gasteiger partial charge in [0.1, 0.15) is 5.69 Å². The second-order valence-corrected chi connectivity index (χ2v) is 7.98. The maximum absolute atomic E-state index is 12.3. The third kappa shape index (κ3) is 4.20. The molecule has 2 aromatic rings. The molecule has 0 saturated heterocycles. The Labute approximate surface area is 141 Å². The Morgan fingerprint density at radius 2 is 2.17 bits per heavy atom. The van der Waals surface area contributed by atoms with Crippen molar-refractivity contribution in [3.05, 3.63) is 28.3 Å². The van der Waals surface area contributed by atoms with Crippen LogP contribution in [0.25, 0.3) is 11.3 Å². The second kappa shape index (κ2) is 6.84. The molecule has 0 bridgehead atoms. The maximum Gasteiger partial charge on any atom is 0.267 e. The van der Waals surface area contributed by atoms with Gasteiger partial charge in [-0.05, 0) is 18.9 Å². The molecule has 0 aliphatic rings. The second-order valence-electron chi connectivity index (χ2n) is 6.91. The van der Waals surface area contributed by atoms with Gasteiger partial charge in [0.15, 0.2) is 0 Å². The Hall–Kier alpha value is -1.66. The summed E-state index contributed by atoms with van der Waals surface area (Å²) >= 11 is 1.58. The van der Waals surface area contributed by atoms with Gasteiger partial charge in [-0.3, -0.25) is 4.79 Å². The highest BCUT2D eigenvalue weighted by molar-refractivity contribution is 7.09. The molecule has 2 heterocycles. The quantitative estimate of drug-likeness (QED) is 0.758. The number of aliphatic hydroxyl groups excluding tert-OH is 1. The normalized spacial score (nSPS) is 13.3. The molecule has 126 valence electrons. The standard InChI is InChI=1S/C17H25N3O2S/c1-10(2)15(21)17(4,5)9-19-16(22)13-6-12(7-18-13)14-8-23-11(3)20-14/h6-8,10,15,18,21H,9H2,1-5H3,(H,19,22). The molecule has 0 fully saturated rings. The van der Waals surface area contributed by atoms with Crippen molar-refractivity contribution in [2.24, 2.45) is 11.3 Å². The first-order valence-electron chi connectivity index (χ1n) is 7.78. The van der Waals surface area contributed by atoms with E-state index in [0.717, 1.165) is 16.3 Å². The molecule has 2 aromatic heterocycles. The molecule has 1 unspecified atom stereocenters. The first kappa shape index (κ1) is 17.7. The van der Waals surface area contributed by atoms with E-state index in [1.54, 1.807) is 23.6 Å². The summed E-state index contributed by atoms with van der Waals surface area (Å²) in [5.41, 5.74) is 1.89. The number of aliphatic hydroxyl groups is 1. The SMILES string of the molecule is Cc1nc(-c2c[nH]c(C(=O)NCC(C)(C)C(O)C(C)C)c2)cs1. The predicted octanol–water partition coefficient (Wildman–Crippen LogP) is 3.22. The number of carbonyl (C=O) groups is 1. The minimum atomic E-state index is -0.472. The number of carbonyl (C=O) groups excluding carboxylic acids is 1. The van der Waals surface area contributed by atoms with Crippen LogP contribution in [0.4, 0.5) is 0 Å². The summed E-state index contributed by atoms with van der Waals surface area (Å²) in [5.74, 6) is -0.0286. The number of aromatic nitrogens is 2. The molecule has 0 radical (unpaired) electrons. The predicted molar refractivity (Wildman–Crippen MR) is 93.6 cm³/mol. The van der Waals surface area contributed by atoms with Crippen LogP contribution in [0.2, 0.25) is 0 Å². The van der Waals surface area contributed by atoms with Crippen LogP contribution in [-0.2, 0) is 0 Å². The highest BCUT2D eigenvalue weighted by Gasteiger charge is 2.30. The number of nitrogens with zero attached hydrogens (tertiary/aromatic N) is 1. The minimum absolute atomic E-state index is 0.145. The zero-order valence-electron chi connectivity index (χ0n) is 14.3. The molecule has 5 nitrogen and oxygen atoms in total. The molecule has 23 heavy (non-hydrogen) atoms. The number of H-pyrrole nitrogens is 1. The number of aryl methyl sites for hydroxylation is 1. The van der Waals surface area contributed by atoms with Gasteiger partial charge in [0.2, 0.25) is 0 Å². The highest BCUT2D eigenvalue weighted by Crippen LogP contribution is 2.25. The van der Waals surface area contributed by atoms with Crippen molar-refractivity contribution in [2.75, 3.05) is 6.54 Å². The van der Waals surface area contributed by atoms with E-state index in [9.17, 15) is 9.90 Å². The average molecular weight is 335 g/mol. The lowest BCUT2D eigenvalue weighted by molar-refractivity contribution is 0.0138. The first-order chi connectivity index (χ1) is 10.7. The zero-order chi connectivity index (χ0) is 17.2. The van der Waals surface area contributed by atoms with Crippen LogP contribution in [0.3, 0.4) is 0 Å². The minimum Gasteiger partial charge on any atom is -0.392 e. The molecule has 6 heteroatoms. The van der Waals surface area contributed by atoms with Gasteiger partial charge in [-0.2, -0.15) is 0 Å². The Kier molecular flexibility index (Phi) is 5.26. The smallest absolute Gasteiger partial charge is 0.267 e. The molecular formula is C17H25N3O2S. The lowest BCUT2D eigenvalue weighted by Crippen LogP contribution is -2.43. The summed E-state index contributed by atoms with van der Waals surface area (Å²) in [6, 6.07) is 1.80. The van der Waals surface area contributed by atoms with Gasteiger partial charge in [0, 0.05) is 29.1 Å². The molecule has 0 saturated carbocycles. The number of thiazole rings is 1. The van der Waals surface area contributed by atoms with E-state index in [1.807, 2.05) is 40.0 Å². The van der Waals surface area contributed by atoms with Crippen LogP contribution >= 0.6 is 11.3 Å². The van der Waals surface area contributed by atoms with Crippen LogP contribution in [0.5, 0.6) is 0 Å². The molecule has 0 spiro atoms. The fourth-order valence-electron chi connectivity index (χ4n) is 2.58. The molecule has 0 aliphatic carbocycles. The lowest BCUT2D eigenvalue weighted by Gasteiger charge is -2.33. The zero-order valence-corrected chi connectivity index (χ0v) is 15.1. The van der Waals surface area contributed by atoms with Gasteiger partial charge in [-0.1, -0.05) is 27.7 Å². The molecule has 2 rings (SSSR count). The Morgan fingerprint density at radius 3 is 2.74 bits per heavy atom. The van der Waals surface area contributed by atoms with Crippen molar-refractivity contribution in [1.82, 2.24) is 15.3 Å². The molecular weight excluding hydrogens is 310 g/mol. The fraction of sp³-hybridized carbons (Fsp3) is 0.529. The Balaban J connectivity index is 2.00. The van der Waals surface area contributed by atoms with Gasteiger partial charge in [-0.25, -0.2) is 4.98 Å². The van der Waals surface area contributed by atoms with E-state index in [4.69, 9.17) is 0 Å². The largest absolute Gasteiger partial charge is 0.392 e. The Morgan fingerprint density at radius 1 is 1.48 bits per heavy atom.